The van der Waals surface area contributed by atoms with Gasteiger partial charge in [0.05, 0.1) is 22.3 Å². The van der Waals surface area contributed by atoms with Gasteiger partial charge in [0.2, 0.25) is 0 Å². The lowest BCUT2D eigenvalue weighted by atomic mass is 10.1. The van der Waals surface area contributed by atoms with Crippen LogP contribution in [0.1, 0.15) is 41.4 Å². The van der Waals surface area contributed by atoms with Gasteiger partial charge in [-0.2, -0.15) is 0 Å². The topological polar surface area (TPSA) is 161 Å². The first-order valence-electron chi connectivity index (χ1n) is 8.04. The van der Waals surface area contributed by atoms with Crippen LogP contribution in [-0.2, 0) is 19.1 Å². The van der Waals surface area contributed by atoms with Crippen LogP contribution >= 0.6 is 0 Å². The first-order chi connectivity index (χ1) is 14.2. The average Bonchev–Trinajstić information content (AvgIpc) is 2.72. The predicted octanol–water partition coefficient (Wildman–Crippen LogP) is 1.71. The largest absolute Gasteiger partial charge is 0.478 e. The van der Waals surface area contributed by atoms with E-state index in [1.165, 1.54) is 36.4 Å². The number of hydrogen-bond acceptors (Lipinski definition) is 8. The van der Waals surface area contributed by atoms with Gasteiger partial charge in [-0.3, -0.25) is 0 Å². The Morgan fingerprint density at radius 3 is 1.27 bits per heavy atom. The summed E-state index contributed by atoms with van der Waals surface area (Å²) in [4.78, 5) is 68.7. The summed E-state index contributed by atoms with van der Waals surface area (Å²) < 4.78 is 8.88. The number of ether oxygens (including phenoxy) is 2. The quantitative estimate of drug-likeness (QED) is 0.406. The van der Waals surface area contributed by atoms with Gasteiger partial charge in [0.25, 0.3) is 0 Å². The van der Waals surface area contributed by atoms with E-state index in [0.717, 1.165) is 12.1 Å². The average molecular weight is 412 g/mol. The van der Waals surface area contributed by atoms with E-state index in [0.29, 0.717) is 12.2 Å². The number of rotatable bonds is 6. The summed E-state index contributed by atoms with van der Waals surface area (Å²) in [6.45, 7) is 0. The molecule has 0 radical (unpaired) electrons. The zero-order valence-electron chi connectivity index (χ0n) is 14.9. The molecule has 2 aromatic rings. The summed E-state index contributed by atoms with van der Waals surface area (Å²) in [5.41, 5.74) is -0.788. The monoisotopic (exact) mass is 412 g/mol. The molecule has 0 bridgehead atoms. The van der Waals surface area contributed by atoms with Crippen molar-refractivity contribution >= 4 is 35.8 Å². The summed E-state index contributed by atoms with van der Waals surface area (Å²) in [5.74, 6) is -7.39. The summed E-state index contributed by atoms with van der Waals surface area (Å²) in [7, 11) is 0. The molecule has 2 rings (SSSR count). The van der Waals surface area contributed by atoms with Crippen molar-refractivity contribution in [3.63, 3.8) is 0 Å². The fourth-order valence-corrected chi connectivity index (χ4v) is 2.06. The van der Waals surface area contributed by atoms with Gasteiger partial charge in [0.1, 0.15) is 0 Å². The molecule has 2 N–H and O–H groups in total. The first-order valence-corrected chi connectivity index (χ1v) is 8.04. The fraction of sp³-hybridized carbons (Fsp3) is 0. The van der Waals surface area contributed by atoms with Crippen LogP contribution in [-0.4, -0.2) is 46.0 Å². The summed E-state index contributed by atoms with van der Waals surface area (Å²) in [6, 6.07) is 9.49. The Morgan fingerprint density at radius 1 is 0.600 bits per heavy atom. The molecule has 0 aromatic heterocycles. The smallest absolute Gasteiger partial charge is 0.346 e. The fourth-order valence-electron chi connectivity index (χ4n) is 2.06. The Labute approximate surface area is 168 Å². The molecule has 0 amide bonds. The minimum Gasteiger partial charge on any atom is -0.478 e. The van der Waals surface area contributed by atoms with Gasteiger partial charge >= 0.3 is 35.8 Å². The number of carbonyl (C=O) groups excluding carboxylic acids is 4. The molecule has 0 aliphatic carbocycles. The van der Waals surface area contributed by atoms with Crippen molar-refractivity contribution in [2.24, 2.45) is 0 Å². The second-order valence-corrected chi connectivity index (χ2v) is 5.52. The highest BCUT2D eigenvalue weighted by Gasteiger charge is 2.16. The second kappa shape index (κ2) is 9.55. The van der Waals surface area contributed by atoms with E-state index in [4.69, 9.17) is 10.2 Å². The molecule has 152 valence electrons. The number of hydrogen-bond donors (Lipinski definition) is 2. The van der Waals surface area contributed by atoms with Crippen molar-refractivity contribution < 1.29 is 48.5 Å². The second-order valence-electron chi connectivity index (χ2n) is 5.52. The number of benzene rings is 2. The Hall–Kier alpha value is -4.60. The first kappa shape index (κ1) is 21.7. The van der Waals surface area contributed by atoms with Crippen LogP contribution in [0.15, 0.2) is 60.7 Å². The van der Waals surface area contributed by atoms with E-state index in [9.17, 15) is 28.8 Å². The van der Waals surface area contributed by atoms with Crippen LogP contribution < -0.4 is 0 Å². The van der Waals surface area contributed by atoms with Crippen LogP contribution in [0.4, 0.5) is 0 Å². The van der Waals surface area contributed by atoms with Crippen LogP contribution in [0.2, 0.25) is 0 Å². The molecular weight excluding hydrogens is 400 g/mol. The van der Waals surface area contributed by atoms with Crippen LogP contribution in [0.3, 0.4) is 0 Å². The maximum absolute atomic E-state index is 11.8. The zero-order valence-corrected chi connectivity index (χ0v) is 14.9. The predicted molar refractivity (Wildman–Crippen MR) is 96.8 cm³/mol. The van der Waals surface area contributed by atoms with Crippen molar-refractivity contribution in [3.8, 4) is 0 Å². The number of carboxylic acids is 2. The van der Waals surface area contributed by atoms with E-state index in [1.54, 1.807) is 0 Å². The van der Waals surface area contributed by atoms with Crippen molar-refractivity contribution in [2.45, 2.75) is 0 Å². The Morgan fingerprint density at radius 2 is 0.933 bits per heavy atom. The van der Waals surface area contributed by atoms with Crippen molar-refractivity contribution in [3.05, 3.63) is 82.9 Å². The summed E-state index contributed by atoms with van der Waals surface area (Å²) in [5, 5.41) is 17.8. The highest BCUT2D eigenvalue weighted by molar-refractivity contribution is 6.05. The van der Waals surface area contributed by atoms with E-state index in [-0.39, 0.29) is 22.3 Å². The number of carbonyl (C=O) groups is 6. The van der Waals surface area contributed by atoms with Gasteiger partial charge in [-0.25, -0.2) is 28.8 Å². The summed E-state index contributed by atoms with van der Waals surface area (Å²) in [6.07, 6.45) is 1.06. The van der Waals surface area contributed by atoms with Gasteiger partial charge in [-0.05, 0) is 36.4 Å². The van der Waals surface area contributed by atoms with Crippen molar-refractivity contribution in [2.75, 3.05) is 0 Å². The minimum absolute atomic E-state index is 0.193. The lowest BCUT2D eigenvalue weighted by Gasteiger charge is -2.02. The molecule has 0 atom stereocenters. The molecule has 0 heterocycles. The van der Waals surface area contributed by atoms with Crippen molar-refractivity contribution in [1.82, 2.24) is 0 Å². The molecule has 2 aromatic carbocycles. The maximum Gasteiger partial charge on any atom is 0.346 e. The highest BCUT2D eigenvalue weighted by atomic mass is 16.6. The van der Waals surface area contributed by atoms with Crippen LogP contribution in [0, 0.1) is 0 Å². The lowest BCUT2D eigenvalue weighted by Crippen LogP contribution is -2.13. The molecule has 10 heteroatoms. The SMILES string of the molecule is O=C(/C=C\C(=O)OC(=O)c1cccc(C(=O)O)c1)OC(=O)c1cccc(C(=O)O)c1. The van der Waals surface area contributed by atoms with Crippen LogP contribution in [0.5, 0.6) is 0 Å². The van der Waals surface area contributed by atoms with Crippen molar-refractivity contribution in [1.29, 1.82) is 0 Å². The van der Waals surface area contributed by atoms with E-state index < -0.39 is 35.8 Å². The molecule has 0 aliphatic rings. The highest BCUT2D eigenvalue weighted by Crippen LogP contribution is 2.09. The molecule has 30 heavy (non-hydrogen) atoms. The van der Waals surface area contributed by atoms with E-state index in [2.05, 4.69) is 9.47 Å². The Balaban J connectivity index is 1.95. The number of aromatic carboxylic acids is 2. The van der Waals surface area contributed by atoms with Gasteiger partial charge in [-0.15, -0.1) is 0 Å². The third kappa shape index (κ3) is 5.96. The van der Waals surface area contributed by atoms with Gasteiger partial charge in [0.15, 0.2) is 0 Å². The minimum atomic E-state index is -1.28. The standard InChI is InChI=1S/C20H12O10/c21-15(29-19(27)13-5-1-3-11(9-13)17(23)24)7-8-16(22)30-20(28)14-6-2-4-12(10-14)18(25)26/h1-10H,(H,23,24)(H,25,26)/b8-7-. The number of carboxylic acid groups (broad SMARTS) is 2. The molecule has 10 nitrogen and oxygen atoms in total. The third-order valence-electron chi connectivity index (χ3n) is 3.43. The van der Waals surface area contributed by atoms with Gasteiger partial charge in [-0.1, -0.05) is 12.1 Å². The molecule has 0 saturated carbocycles. The molecular formula is C20H12O10. The molecule has 0 unspecified atom stereocenters. The summed E-state index contributed by atoms with van der Waals surface area (Å²) >= 11 is 0. The Kier molecular flexibility index (Phi) is 6.91. The lowest BCUT2D eigenvalue weighted by molar-refractivity contribution is -0.135. The van der Waals surface area contributed by atoms with E-state index >= 15 is 0 Å². The van der Waals surface area contributed by atoms with Gasteiger partial charge in [0, 0.05) is 12.2 Å². The number of esters is 4. The molecule has 0 saturated heterocycles. The normalized spacial score (nSPS) is 10.3. The third-order valence-corrected chi connectivity index (χ3v) is 3.43. The van der Waals surface area contributed by atoms with E-state index in [1.807, 2.05) is 0 Å². The molecule has 0 spiro atoms. The van der Waals surface area contributed by atoms with Crippen LogP contribution in [0.25, 0.3) is 0 Å². The zero-order chi connectivity index (χ0) is 22.3. The maximum atomic E-state index is 11.8. The molecule has 0 aliphatic heterocycles. The Bertz CT molecular complexity index is 995. The molecule has 0 fully saturated rings. The van der Waals surface area contributed by atoms with Gasteiger partial charge < -0.3 is 19.7 Å².